The number of benzene rings is 1. The highest BCUT2D eigenvalue weighted by Crippen LogP contribution is 2.15. The van der Waals surface area contributed by atoms with E-state index < -0.39 is 17.9 Å². The number of carbonyl (C=O) groups excluding carboxylic acids is 1. The van der Waals surface area contributed by atoms with Crippen molar-refractivity contribution in [2.45, 2.75) is 25.9 Å². The van der Waals surface area contributed by atoms with Gasteiger partial charge in [0.15, 0.2) is 0 Å². The van der Waals surface area contributed by atoms with Gasteiger partial charge in [0, 0.05) is 11.0 Å². The third-order valence-corrected chi connectivity index (χ3v) is 2.99. The summed E-state index contributed by atoms with van der Waals surface area (Å²) in [7, 11) is 0. The number of nitrogens with two attached hydrogens (primary N) is 1. The van der Waals surface area contributed by atoms with Crippen LogP contribution < -0.4 is 11.1 Å². The van der Waals surface area contributed by atoms with Crippen LogP contribution in [0.15, 0.2) is 22.7 Å². The van der Waals surface area contributed by atoms with Gasteiger partial charge in [0.1, 0.15) is 0 Å². The van der Waals surface area contributed by atoms with E-state index in [9.17, 15) is 9.59 Å². The Hall–Kier alpha value is -1.40. The number of halogens is 1. The zero-order valence-corrected chi connectivity index (χ0v) is 11.5. The molecule has 18 heavy (non-hydrogen) atoms. The number of hydrogen-bond donors (Lipinski definition) is 3. The van der Waals surface area contributed by atoms with Crippen molar-refractivity contribution in [1.29, 1.82) is 0 Å². The van der Waals surface area contributed by atoms with E-state index in [2.05, 4.69) is 21.2 Å². The second-order valence-electron chi connectivity index (χ2n) is 3.99. The summed E-state index contributed by atoms with van der Waals surface area (Å²) in [5, 5.41) is 11.2. The SMILES string of the molecule is Cc1ccc(Br)cc1CNC(=O)C(N)CC(=O)O. The molecule has 1 amide bonds. The van der Waals surface area contributed by atoms with Crippen LogP contribution in [0.25, 0.3) is 0 Å². The lowest BCUT2D eigenvalue weighted by atomic mass is 10.1. The van der Waals surface area contributed by atoms with E-state index in [4.69, 9.17) is 10.8 Å². The van der Waals surface area contributed by atoms with Gasteiger partial charge in [-0.25, -0.2) is 0 Å². The van der Waals surface area contributed by atoms with E-state index in [0.717, 1.165) is 15.6 Å². The maximum atomic E-state index is 11.5. The number of hydrogen-bond acceptors (Lipinski definition) is 3. The third kappa shape index (κ3) is 4.46. The maximum absolute atomic E-state index is 11.5. The van der Waals surface area contributed by atoms with Crippen LogP contribution in [0.2, 0.25) is 0 Å². The van der Waals surface area contributed by atoms with Crippen LogP contribution >= 0.6 is 15.9 Å². The van der Waals surface area contributed by atoms with Crippen LogP contribution in [-0.4, -0.2) is 23.0 Å². The van der Waals surface area contributed by atoms with Gasteiger partial charge in [0.2, 0.25) is 5.91 Å². The van der Waals surface area contributed by atoms with E-state index in [0.29, 0.717) is 6.54 Å². The average molecular weight is 315 g/mol. The zero-order valence-electron chi connectivity index (χ0n) is 9.94. The fourth-order valence-electron chi connectivity index (χ4n) is 1.42. The minimum Gasteiger partial charge on any atom is -0.481 e. The molecule has 0 saturated carbocycles. The van der Waals surface area contributed by atoms with E-state index in [1.807, 2.05) is 25.1 Å². The second kappa shape index (κ2) is 6.51. The molecule has 0 heterocycles. The lowest BCUT2D eigenvalue weighted by Crippen LogP contribution is -2.41. The summed E-state index contributed by atoms with van der Waals surface area (Å²) in [6.07, 6.45) is -0.372. The van der Waals surface area contributed by atoms with Gasteiger partial charge in [0.05, 0.1) is 12.5 Å². The van der Waals surface area contributed by atoms with Crippen LogP contribution in [0.3, 0.4) is 0 Å². The molecule has 0 radical (unpaired) electrons. The summed E-state index contributed by atoms with van der Waals surface area (Å²) >= 11 is 3.35. The van der Waals surface area contributed by atoms with Crippen LogP contribution in [0, 0.1) is 6.92 Å². The van der Waals surface area contributed by atoms with Gasteiger partial charge in [-0.1, -0.05) is 22.0 Å². The number of rotatable bonds is 5. The molecule has 1 atom stereocenters. The maximum Gasteiger partial charge on any atom is 0.305 e. The minimum atomic E-state index is -1.09. The van der Waals surface area contributed by atoms with Crippen molar-refractivity contribution in [3.63, 3.8) is 0 Å². The summed E-state index contributed by atoms with van der Waals surface area (Å²) < 4.78 is 0.923. The predicted octanol–water partition coefficient (Wildman–Crippen LogP) is 1.18. The fraction of sp³-hybridized carbons (Fsp3) is 0.333. The van der Waals surface area contributed by atoms with Crippen molar-refractivity contribution in [3.8, 4) is 0 Å². The van der Waals surface area contributed by atoms with Crippen LogP contribution in [0.4, 0.5) is 0 Å². The zero-order chi connectivity index (χ0) is 13.7. The van der Waals surface area contributed by atoms with Crippen molar-refractivity contribution in [1.82, 2.24) is 5.32 Å². The predicted molar refractivity (Wildman–Crippen MR) is 71.0 cm³/mol. The first-order chi connectivity index (χ1) is 8.40. The van der Waals surface area contributed by atoms with Gasteiger partial charge in [-0.15, -0.1) is 0 Å². The van der Waals surface area contributed by atoms with E-state index in [-0.39, 0.29) is 6.42 Å². The Morgan fingerprint density at radius 1 is 1.50 bits per heavy atom. The van der Waals surface area contributed by atoms with Crippen molar-refractivity contribution < 1.29 is 14.7 Å². The van der Waals surface area contributed by atoms with Gasteiger partial charge >= 0.3 is 5.97 Å². The number of carbonyl (C=O) groups is 2. The molecule has 0 bridgehead atoms. The molecule has 1 aromatic carbocycles. The largest absolute Gasteiger partial charge is 0.481 e. The molecule has 0 spiro atoms. The van der Waals surface area contributed by atoms with Gasteiger partial charge in [0.25, 0.3) is 0 Å². The van der Waals surface area contributed by atoms with Gasteiger partial charge in [-0.3, -0.25) is 9.59 Å². The molecule has 1 rings (SSSR count). The van der Waals surface area contributed by atoms with Crippen molar-refractivity contribution >= 4 is 27.8 Å². The first-order valence-electron chi connectivity index (χ1n) is 5.40. The Morgan fingerprint density at radius 3 is 2.78 bits per heavy atom. The van der Waals surface area contributed by atoms with Crippen molar-refractivity contribution in [2.24, 2.45) is 5.73 Å². The number of carboxylic acid groups (broad SMARTS) is 1. The normalized spacial score (nSPS) is 11.9. The summed E-state index contributed by atoms with van der Waals surface area (Å²) in [6, 6.07) is 4.73. The molecule has 98 valence electrons. The monoisotopic (exact) mass is 314 g/mol. The van der Waals surface area contributed by atoms with Crippen molar-refractivity contribution in [3.05, 3.63) is 33.8 Å². The first kappa shape index (κ1) is 14.7. The van der Waals surface area contributed by atoms with E-state index >= 15 is 0 Å². The highest BCUT2D eigenvalue weighted by Gasteiger charge is 2.16. The lowest BCUT2D eigenvalue weighted by molar-refractivity contribution is -0.139. The Kier molecular flexibility index (Phi) is 5.30. The summed E-state index contributed by atoms with van der Waals surface area (Å²) in [6.45, 7) is 2.27. The Bertz CT molecular complexity index is 463. The molecule has 0 aliphatic heterocycles. The number of aryl methyl sites for hydroxylation is 1. The Labute approximate surface area is 113 Å². The summed E-state index contributed by atoms with van der Waals surface area (Å²) in [5.74, 6) is -1.55. The molecule has 1 unspecified atom stereocenters. The van der Waals surface area contributed by atoms with E-state index in [1.54, 1.807) is 0 Å². The molecule has 0 saturated heterocycles. The molecular weight excluding hydrogens is 300 g/mol. The van der Waals surface area contributed by atoms with Crippen LogP contribution in [-0.2, 0) is 16.1 Å². The van der Waals surface area contributed by atoms with Gasteiger partial charge < -0.3 is 16.2 Å². The number of carboxylic acids is 1. The van der Waals surface area contributed by atoms with E-state index in [1.165, 1.54) is 0 Å². The number of aliphatic carboxylic acids is 1. The topological polar surface area (TPSA) is 92.4 Å². The molecule has 6 heteroatoms. The molecule has 5 nitrogen and oxygen atoms in total. The Morgan fingerprint density at radius 2 is 2.17 bits per heavy atom. The molecule has 1 aromatic rings. The molecule has 0 aromatic heterocycles. The molecule has 0 aliphatic rings. The average Bonchev–Trinajstić information content (AvgIpc) is 2.29. The number of amides is 1. The minimum absolute atomic E-state index is 0.331. The van der Waals surface area contributed by atoms with Crippen LogP contribution in [0.1, 0.15) is 17.5 Å². The fourth-order valence-corrected chi connectivity index (χ4v) is 1.83. The first-order valence-corrected chi connectivity index (χ1v) is 6.19. The summed E-state index contributed by atoms with van der Waals surface area (Å²) in [5.41, 5.74) is 7.45. The smallest absolute Gasteiger partial charge is 0.305 e. The van der Waals surface area contributed by atoms with Gasteiger partial charge in [-0.05, 0) is 30.2 Å². The van der Waals surface area contributed by atoms with Crippen LogP contribution in [0.5, 0.6) is 0 Å². The van der Waals surface area contributed by atoms with Gasteiger partial charge in [-0.2, -0.15) is 0 Å². The number of nitrogens with one attached hydrogen (secondary N) is 1. The lowest BCUT2D eigenvalue weighted by Gasteiger charge is -2.12. The molecule has 0 fully saturated rings. The third-order valence-electron chi connectivity index (χ3n) is 2.50. The highest BCUT2D eigenvalue weighted by molar-refractivity contribution is 9.10. The second-order valence-corrected chi connectivity index (χ2v) is 4.91. The Balaban J connectivity index is 2.57. The quantitative estimate of drug-likeness (QED) is 0.760. The molecule has 0 aliphatic carbocycles. The summed E-state index contributed by atoms with van der Waals surface area (Å²) in [4.78, 5) is 22.0. The standard InChI is InChI=1S/C12H15BrN2O3/c1-7-2-3-9(13)4-8(7)6-15-12(18)10(14)5-11(16)17/h2-4,10H,5-6,14H2,1H3,(H,15,18)(H,16,17). The van der Waals surface area contributed by atoms with Crippen molar-refractivity contribution in [2.75, 3.05) is 0 Å². The molecule has 4 N–H and O–H groups in total. The molecular formula is C12H15BrN2O3. The highest BCUT2D eigenvalue weighted by atomic mass is 79.9.